The van der Waals surface area contributed by atoms with Gasteiger partial charge in [0.15, 0.2) is 5.82 Å². The molecule has 0 aromatic carbocycles. The smallest absolute Gasteiger partial charge is 0.153 e. The molecule has 2 rings (SSSR count). The summed E-state index contributed by atoms with van der Waals surface area (Å²) in [5.74, 6) is 0.668. The molecule has 1 saturated heterocycles. The predicted molar refractivity (Wildman–Crippen MR) is 70.6 cm³/mol. The van der Waals surface area contributed by atoms with Crippen LogP contribution in [0.15, 0.2) is 4.90 Å². The van der Waals surface area contributed by atoms with E-state index >= 15 is 0 Å². The van der Waals surface area contributed by atoms with Gasteiger partial charge in [0.25, 0.3) is 0 Å². The van der Waals surface area contributed by atoms with Crippen LogP contribution >= 0.6 is 23.3 Å². The van der Waals surface area contributed by atoms with Crippen molar-refractivity contribution in [3.05, 3.63) is 0 Å². The molecule has 2 heterocycles. The third-order valence-electron chi connectivity index (χ3n) is 2.92. The van der Waals surface area contributed by atoms with Crippen molar-refractivity contribution in [1.82, 2.24) is 4.37 Å². The maximum Gasteiger partial charge on any atom is 0.153 e. The second-order valence-electron chi connectivity index (χ2n) is 3.83. The van der Waals surface area contributed by atoms with Crippen LogP contribution in [0.2, 0.25) is 0 Å². The molecule has 1 aliphatic rings. The van der Waals surface area contributed by atoms with Crippen LogP contribution < -0.4 is 10.6 Å². The zero-order valence-electron chi connectivity index (χ0n) is 9.60. The van der Waals surface area contributed by atoms with E-state index in [0.29, 0.717) is 11.9 Å². The molecule has 0 bridgehead atoms. The number of methoxy groups -OCH3 is 1. The van der Waals surface area contributed by atoms with Gasteiger partial charge in [-0.25, -0.2) is 0 Å². The van der Waals surface area contributed by atoms with Crippen molar-refractivity contribution in [1.29, 1.82) is 0 Å². The Morgan fingerprint density at radius 3 is 2.75 bits per heavy atom. The summed E-state index contributed by atoms with van der Waals surface area (Å²) >= 11 is 3.18. The molecule has 6 heteroatoms. The van der Waals surface area contributed by atoms with Crippen molar-refractivity contribution in [2.45, 2.75) is 23.8 Å². The van der Waals surface area contributed by atoms with Gasteiger partial charge in [-0.3, -0.25) is 0 Å². The topological polar surface area (TPSA) is 51.4 Å². The Kier molecular flexibility index (Phi) is 3.94. The molecule has 0 radical (unpaired) electrons. The predicted octanol–water partition coefficient (Wildman–Crippen LogP) is 2.06. The van der Waals surface area contributed by atoms with E-state index in [4.69, 9.17) is 10.5 Å². The van der Waals surface area contributed by atoms with E-state index in [9.17, 15) is 0 Å². The van der Waals surface area contributed by atoms with E-state index in [0.717, 1.165) is 30.8 Å². The maximum atomic E-state index is 5.84. The lowest BCUT2D eigenvalue weighted by Gasteiger charge is -2.32. The van der Waals surface area contributed by atoms with E-state index in [1.54, 1.807) is 18.9 Å². The lowest BCUT2D eigenvalue weighted by atomic mass is 10.1. The minimum Gasteiger partial charge on any atom is -0.382 e. The first kappa shape index (κ1) is 12.0. The molecule has 0 amide bonds. The maximum absolute atomic E-state index is 5.84. The Balaban J connectivity index is 2.08. The van der Waals surface area contributed by atoms with Crippen molar-refractivity contribution in [3.63, 3.8) is 0 Å². The summed E-state index contributed by atoms with van der Waals surface area (Å²) in [6.45, 7) is 2.07. The lowest BCUT2D eigenvalue weighted by molar-refractivity contribution is 0.0819. The Morgan fingerprint density at radius 1 is 1.50 bits per heavy atom. The molecule has 1 aromatic rings. The second-order valence-corrected chi connectivity index (χ2v) is 5.40. The fourth-order valence-electron chi connectivity index (χ4n) is 1.97. The molecule has 0 unspecified atom stereocenters. The van der Waals surface area contributed by atoms with Crippen LogP contribution in [0.3, 0.4) is 0 Å². The summed E-state index contributed by atoms with van der Waals surface area (Å²) in [7, 11) is 1.79. The Labute approximate surface area is 104 Å². The number of aromatic nitrogens is 1. The van der Waals surface area contributed by atoms with Gasteiger partial charge >= 0.3 is 0 Å². The molecule has 0 atom stereocenters. The number of hydrogen-bond acceptors (Lipinski definition) is 6. The van der Waals surface area contributed by atoms with Gasteiger partial charge in [-0.15, -0.1) is 11.8 Å². The molecule has 1 fully saturated rings. The van der Waals surface area contributed by atoms with Gasteiger partial charge in [-0.1, -0.05) is 0 Å². The minimum atomic E-state index is 0.416. The average molecular weight is 259 g/mol. The highest BCUT2D eigenvalue weighted by Gasteiger charge is 2.23. The van der Waals surface area contributed by atoms with Gasteiger partial charge in [0, 0.05) is 20.2 Å². The van der Waals surface area contributed by atoms with Crippen LogP contribution in [0, 0.1) is 0 Å². The van der Waals surface area contributed by atoms with Crippen LogP contribution in [0.4, 0.5) is 10.8 Å². The van der Waals surface area contributed by atoms with Crippen LogP contribution in [0.1, 0.15) is 12.8 Å². The molecule has 1 aliphatic heterocycles. The summed E-state index contributed by atoms with van der Waals surface area (Å²) in [5.41, 5.74) is 5.84. The van der Waals surface area contributed by atoms with Crippen LogP contribution in [0.5, 0.6) is 0 Å². The van der Waals surface area contributed by atoms with Gasteiger partial charge < -0.3 is 15.4 Å². The van der Waals surface area contributed by atoms with E-state index < -0.39 is 0 Å². The summed E-state index contributed by atoms with van der Waals surface area (Å²) in [4.78, 5) is 3.50. The van der Waals surface area contributed by atoms with Crippen LogP contribution in [-0.2, 0) is 4.74 Å². The molecule has 0 spiro atoms. The zero-order valence-corrected chi connectivity index (χ0v) is 11.2. The van der Waals surface area contributed by atoms with E-state index in [1.165, 1.54) is 16.5 Å². The van der Waals surface area contributed by atoms with Crippen molar-refractivity contribution < 1.29 is 4.74 Å². The Bertz CT molecular complexity index is 348. The number of nitrogen functional groups attached to an aromatic ring is 1. The fourth-order valence-corrected chi connectivity index (χ4v) is 3.71. The molecular weight excluding hydrogens is 242 g/mol. The highest BCUT2D eigenvalue weighted by molar-refractivity contribution is 7.99. The highest BCUT2D eigenvalue weighted by Crippen LogP contribution is 2.38. The number of thioether (sulfide) groups is 1. The van der Waals surface area contributed by atoms with Gasteiger partial charge in [0.05, 0.1) is 11.0 Å². The lowest BCUT2D eigenvalue weighted by Crippen LogP contribution is -2.36. The number of nitrogens with zero attached hydrogens (tertiary/aromatic N) is 2. The third kappa shape index (κ3) is 2.28. The number of ether oxygens (including phenoxy) is 1. The van der Waals surface area contributed by atoms with Crippen molar-refractivity contribution >= 4 is 34.1 Å². The van der Waals surface area contributed by atoms with E-state index in [1.807, 2.05) is 6.26 Å². The zero-order chi connectivity index (χ0) is 11.5. The SMILES string of the molecule is COC1CCN(c2snc(N)c2SC)CC1. The number of anilines is 2. The Morgan fingerprint density at radius 2 is 2.19 bits per heavy atom. The first-order chi connectivity index (χ1) is 7.76. The fraction of sp³-hybridized carbons (Fsp3) is 0.700. The summed E-state index contributed by atoms with van der Waals surface area (Å²) in [5, 5.41) is 1.22. The quantitative estimate of drug-likeness (QED) is 0.842. The minimum absolute atomic E-state index is 0.416. The van der Waals surface area contributed by atoms with Crippen molar-refractivity contribution in [2.24, 2.45) is 0 Å². The summed E-state index contributed by atoms with van der Waals surface area (Å²) in [6, 6.07) is 0. The van der Waals surface area contributed by atoms with Gasteiger partial charge in [0.2, 0.25) is 0 Å². The summed E-state index contributed by atoms with van der Waals surface area (Å²) in [6.07, 6.45) is 4.63. The third-order valence-corrected chi connectivity index (χ3v) is 4.79. The largest absolute Gasteiger partial charge is 0.382 e. The molecule has 0 saturated carbocycles. The highest BCUT2D eigenvalue weighted by atomic mass is 32.2. The first-order valence-corrected chi connectivity index (χ1v) is 7.33. The van der Waals surface area contributed by atoms with Crippen molar-refractivity contribution in [2.75, 3.05) is 37.1 Å². The molecule has 16 heavy (non-hydrogen) atoms. The monoisotopic (exact) mass is 259 g/mol. The molecular formula is C10H17N3OS2. The van der Waals surface area contributed by atoms with Crippen molar-refractivity contribution in [3.8, 4) is 0 Å². The standard InChI is InChI=1S/C10H17N3OS2/c1-14-7-3-5-13(6-4-7)10-8(15-2)9(11)12-16-10/h7H,3-6H2,1-2H3,(H2,11,12). The second kappa shape index (κ2) is 5.25. The summed E-state index contributed by atoms with van der Waals surface area (Å²) < 4.78 is 9.60. The number of nitrogens with two attached hydrogens (primary N) is 1. The Hall–Kier alpha value is -0.460. The van der Waals surface area contributed by atoms with Gasteiger partial charge in [0.1, 0.15) is 5.00 Å². The molecule has 4 nitrogen and oxygen atoms in total. The van der Waals surface area contributed by atoms with Crippen LogP contribution in [-0.4, -0.2) is 36.9 Å². The van der Waals surface area contributed by atoms with Crippen LogP contribution in [0.25, 0.3) is 0 Å². The molecule has 90 valence electrons. The van der Waals surface area contributed by atoms with E-state index in [-0.39, 0.29) is 0 Å². The molecule has 0 aliphatic carbocycles. The first-order valence-electron chi connectivity index (χ1n) is 5.33. The van der Waals surface area contributed by atoms with E-state index in [2.05, 4.69) is 9.27 Å². The van der Waals surface area contributed by atoms with Gasteiger partial charge in [-0.05, 0) is 30.6 Å². The van der Waals surface area contributed by atoms with Gasteiger partial charge in [-0.2, -0.15) is 4.37 Å². The number of hydrogen-bond donors (Lipinski definition) is 1. The molecule has 1 aromatic heterocycles. The average Bonchev–Trinajstić information content (AvgIpc) is 2.70. The molecule has 2 N–H and O–H groups in total. The normalized spacial score (nSPS) is 18.0. The number of rotatable bonds is 3. The number of piperidine rings is 1.